The van der Waals surface area contributed by atoms with E-state index in [0.717, 1.165) is 6.26 Å². The Morgan fingerprint density at radius 1 is 1.32 bits per heavy atom. The largest absolute Gasteiger partial charge is 0.409 e. The van der Waals surface area contributed by atoms with E-state index in [1.54, 1.807) is 13.8 Å². The number of sulfone groups is 1. The predicted molar refractivity (Wildman–Crippen MR) is 73.8 cm³/mol. The first-order valence-corrected chi connectivity index (χ1v) is 7.87. The average Bonchev–Trinajstić information content (AvgIpc) is 2.33. The van der Waals surface area contributed by atoms with Gasteiger partial charge in [-0.1, -0.05) is 19.0 Å². The van der Waals surface area contributed by atoms with Gasteiger partial charge in [-0.05, 0) is 26.7 Å². The molecule has 7 nitrogen and oxygen atoms in total. The van der Waals surface area contributed by atoms with Crippen molar-refractivity contribution in [1.29, 1.82) is 0 Å². The van der Waals surface area contributed by atoms with Crippen LogP contribution in [-0.4, -0.2) is 41.9 Å². The highest BCUT2D eigenvalue weighted by atomic mass is 32.2. The second-order valence-electron chi connectivity index (χ2n) is 5.01. The molecule has 0 unspecified atom stereocenters. The topological polar surface area (TPSA) is 122 Å². The highest BCUT2D eigenvalue weighted by molar-refractivity contribution is 7.92. The van der Waals surface area contributed by atoms with Crippen molar-refractivity contribution in [1.82, 2.24) is 5.32 Å². The number of nitrogens with zero attached hydrogens (tertiary/aromatic N) is 1. The molecular weight excluding hydrogens is 270 g/mol. The number of nitrogens with two attached hydrogens (primary N) is 1. The molecule has 0 aromatic heterocycles. The fourth-order valence-corrected chi connectivity index (χ4v) is 1.87. The Morgan fingerprint density at radius 2 is 1.74 bits per heavy atom. The minimum absolute atomic E-state index is 0.143. The Kier molecular flexibility index (Phi) is 5.37. The van der Waals surface area contributed by atoms with Gasteiger partial charge in [-0.15, -0.1) is 0 Å². The summed E-state index contributed by atoms with van der Waals surface area (Å²) in [6.45, 7) is 6.16. The molecule has 112 valence electrons. The fourth-order valence-electron chi connectivity index (χ4n) is 1.48. The normalized spacial score (nSPS) is 14.3. The maximum absolute atomic E-state index is 12.2. The van der Waals surface area contributed by atoms with Gasteiger partial charge in [0.2, 0.25) is 5.91 Å². The van der Waals surface area contributed by atoms with E-state index in [4.69, 9.17) is 10.9 Å². The van der Waals surface area contributed by atoms with Gasteiger partial charge < -0.3 is 16.3 Å². The van der Waals surface area contributed by atoms with Gasteiger partial charge in [-0.2, -0.15) is 0 Å². The third-order valence-electron chi connectivity index (χ3n) is 3.63. The van der Waals surface area contributed by atoms with Gasteiger partial charge in [-0.25, -0.2) is 8.42 Å². The van der Waals surface area contributed by atoms with Crippen molar-refractivity contribution in [2.45, 2.75) is 50.8 Å². The molecule has 0 heterocycles. The summed E-state index contributed by atoms with van der Waals surface area (Å²) in [5.41, 5.74) is 4.56. The Morgan fingerprint density at radius 3 is 2.00 bits per heavy atom. The fraction of sp³-hybridized carbons (Fsp3) is 0.818. The van der Waals surface area contributed by atoms with Crippen molar-refractivity contribution in [2.24, 2.45) is 10.9 Å². The van der Waals surface area contributed by atoms with Crippen molar-refractivity contribution < 1.29 is 18.4 Å². The molecule has 19 heavy (non-hydrogen) atoms. The number of nitrogens with one attached hydrogen (secondary N) is 1. The molecule has 0 radical (unpaired) electrons. The van der Waals surface area contributed by atoms with E-state index in [-0.39, 0.29) is 5.84 Å². The first kappa shape index (κ1) is 17.7. The quantitative estimate of drug-likeness (QED) is 0.280. The van der Waals surface area contributed by atoms with Crippen LogP contribution in [0.5, 0.6) is 0 Å². The summed E-state index contributed by atoms with van der Waals surface area (Å²) in [5.74, 6) is -0.819. The summed E-state index contributed by atoms with van der Waals surface area (Å²) in [4.78, 5) is 12.2. The van der Waals surface area contributed by atoms with Crippen molar-refractivity contribution in [2.75, 3.05) is 6.26 Å². The zero-order valence-corrected chi connectivity index (χ0v) is 12.8. The SMILES string of the molecule is CCC(CC)(NC(=O)C(C)(C)S(C)(=O)=O)C(N)=NO. The number of hydrogen-bond donors (Lipinski definition) is 3. The van der Waals surface area contributed by atoms with Crippen molar-refractivity contribution in [3.63, 3.8) is 0 Å². The zero-order chi connectivity index (χ0) is 15.5. The molecule has 0 aliphatic carbocycles. The second kappa shape index (κ2) is 5.77. The predicted octanol–water partition coefficient (Wildman–Crippen LogP) is 0.231. The maximum atomic E-state index is 12.2. The van der Waals surface area contributed by atoms with Gasteiger partial charge in [0.15, 0.2) is 15.7 Å². The van der Waals surface area contributed by atoms with Crippen LogP contribution in [-0.2, 0) is 14.6 Å². The van der Waals surface area contributed by atoms with Gasteiger partial charge in [0.1, 0.15) is 10.3 Å². The van der Waals surface area contributed by atoms with Gasteiger partial charge >= 0.3 is 0 Å². The molecule has 0 saturated carbocycles. The molecule has 0 bridgehead atoms. The molecule has 0 aliphatic heterocycles. The van der Waals surface area contributed by atoms with Crippen LogP contribution in [0.15, 0.2) is 5.16 Å². The molecule has 0 atom stereocenters. The third-order valence-corrected chi connectivity index (χ3v) is 5.67. The summed E-state index contributed by atoms with van der Waals surface area (Å²) >= 11 is 0. The van der Waals surface area contributed by atoms with Gasteiger partial charge in [0.05, 0.1) is 0 Å². The Bertz CT molecular complexity index is 464. The first-order valence-electron chi connectivity index (χ1n) is 5.98. The first-order chi connectivity index (χ1) is 8.48. The molecule has 4 N–H and O–H groups in total. The van der Waals surface area contributed by atoms with Gasteiger partial charge in [0, 0.05) is 6.26 Å². The van der Waals surface area contributed by atoms with Crippen LogP contribution >= 0.6 is 0 Å². The van der Waals surface area contributed by atoms with Crippen LogP contribution in [0.2, 0.25) is 0 Å². The van der Waals surface area contributed by atoms with Crippen molar-refractivity contribution in [3.05, 3.63) is 0 Å². The van der Waals surface area contributed by atoms with Crippen molar-refractivity contribution >= 4 is 21.6 Å². The summed E-state index contributed by atoms with van der Waals surface area (Å²) in [6.07, 6.45) is 1.76. The molecule has 1 amide bonds. The second-order valence-corrected chi connectivity index (χ2v) is 7.58. The number of amides is 1. The number of hydrogen-bond acceptors (Lipinski definition) is 5. The molecule has 0 saturated heterocycles. The summed E-state index contributed by atoms with van der Waals surface area (Å²) in [5, 5.41) is 14.3. The molecule has 0 spiro atoms. The van der Waals surface area contributed by atoms with Crippen LogP contribution < -0.4 is 11.1 Å². The van der Waals surface area contributed by atoms with E-state index in [9.17, 15) is 13.2 Å². The van der Waals surface area contributed by atoms with E-state index in [1.165, 1.54) is 13.8 Å². The highest BCUT2D eigenvalue weighted by Gasteiger charge is 2.43. The van der Waals surface area contributed by atoms with Crippen molar-refractivity contribution in [3.8, 4) is 0 Å². The van der Waals surface area contributed by atoms with Gasteiger partial charge in [-0.3, -0.25) is 4.79 Å². The summed E-state index contributed by atoms with van der Waals surface area (Å²) < 4.78 is 21.7. The number of carbonyl (C=O) groups is 1. The standard InChI is InChI=1S/C11H23N3O4S/c1-6-11(7-2,8(12)14-16)13-9(15)10(3,4)19(5,17)18/h16H,6-7H2,1-5H3,(H2,12,14)(H,13,15). The van der Waals surface area contributed by atoms with E-state index < -0.39 is 26.0 Å². The van der Waals surface area contributed by atoms with E-state index in [0.29, 0.717) is 12.8 Å². The minimum atomic E-state index is -3.58. The average molecular weight is 293 g/mol. The maximum Gasteiger partial charge on any atom is 0.241 e. The Hall–Kier alpha value is -1.31. The lowest BCUT2D eigenvalue weighted by Crippen LogP contribution is -2.61. The molecule has 0 fully saturated rings. The number of carbonyl (C=O) groups excluding carboxylic acids is 1. The number of rotatable bonds is 6. The lowest BCUT2D eigenvalue weighted by molar-refractivity contribution is -0.124. The lowest BCUT2D eigenvalue weighted by Gasteiger charge is -2.34. The third kappa shape index (κ3) is 3.37. The molecule has 8 heteroatoms. The van der Waals surface area contributed by atoms with E-state index >= 15 is 0 Å². The van der Waals surface area contributed by atoms with Crippen LogP contribution in [0, 0.1) is 0 Å². The summed E-state index contributed by atoms with van der Waals surface area (Å²) in [7, 11) is -3.58. The molecular formula is C11H23N3O4S. The monoisotopic (exact) mass is 293 g/mol. The smallest absolute Gasteiger partial charge is 0.241 e. The Labute approximate surface area is 114 Å². The minimum Gasteiger partial charge on any atom is -0.409 e. The molecule has 0 aromatic carbocycles. The van der Waals surface area contributed by atoms with E-state index in [2.05, 4.69) is 10.5 Å². The lowest BCUT2D eigenvalue weighted by atomic mass is 9.90. The van der Waals surface area contributed by atoms with E-state index in [1.807, 2.05) is 0 Å². The van der Waals surface area contributed by atoms with Crippen LogP contribution in [0.25, 0.3) is 0 Å². The highest BCUT2D eigenvalue weighted by Crippen LogP contribution is 2.21. The number of oxime groups is 1. The van der Waals surface area contributed by atoms with Gasteiger partial charge in [0.25, 0.3) is 0 Å². The molecule has 0 aliphatic rings. The molecule has 0 aromatic rings. The van der Waals surface area contributed by atoms with Crippen LogP contribution in [0.1, 0.15) is 40.5 Å². The van der Waals surface area contributed by atoms with Crippen LogP contribution in [0.4, 0.5) is 0 Å². The van der Waals surface area contributed by atoms with Crippen LogP contribution in [0.3, 0.4) is 0 Å². The zero-order valence-electron chi connectivity index (χ0n) is 12.0. The molecule has 0 rings (SSSR count). The Balaban J connectivity index is 5.48. The number of amidine groups is 1. The summed E-state index contributed by atoms with van der Waals surface area (Å²) in [6, 6.07) is 0.